The van der Waals surface area contributed by atoms with Gasteiger partial charge in [0.05, 0.1) is 11.4 Å². The van der Waals surface area contributed by atoms with Gasteiger partial charge in [0.1, 0.15) is 16.3 Å². The Morgan fingerprint density at radius 2 is 2.19 bits per heavy atom. The van der Waals surface area contributed by atoms with Crippen LogP contribution in [0.15, 0.2) is 31.8 Å². The fraction of sp³-hybridized carbons (Fsp3) is 0.538. The van der Waals surface area contributed by atoms with E-state index < -0.39 is 10.0 Å². The van der Waals surface area contributed by atoms with Crippen molar-refractivity contribution in [2.75, 3.05) is 6.54 Å². The number of fused-ring (bicyclic) bond motifs is 1. The molecular formula is C13H16BrN3O2S2. The van der Waals surface area contributed by atoms with Crippen LogP contribution in [0.1, 0.15) is 25.7 Å². The van der Waals surface area contributed by atoms with Crippen molar-refractivity contribution < 1.29 is 8.42 Å². The van der Waals surface area contributed by atoms with Crippen LogP contribution in [0.4, 0.5) is 11.4 Å². The molecule has 1 fully saturated rings. The topological polar surface area (TPSA) is 70.9 Å². The van der Waals surface area contributed by atoms with Crippen LogP contribution < -0.4 is 4.72 Å². The quantitative estimate of drug-likeness (QED) is 0.810. The fourth-order valence-corrected chi connectivity index (χ4v) is 5.45. The van der Waals surface area contributed by atoms with Gasteiger partial charge in [-0.15, -0.1) is 0 Å². The van der Waals surface area contributed by atoms with Crippen LogP contribution in [0.3, 0.4) is 0 Å². The van der Waals surface area contributed by atoms with Crippen molar-refractivity contribution in [2.45, 2.75) is 35.4 Å². The summed E-state index contributed by atoms with van der Waals surface area (Å²) in [5.41, 5.74) is 1.08. The van der Waals surface area contributed by atoms with Crippen LogP contribution in [-0.2, 0) is 21.4 Å². The van der Waals surface area contributed by atoms with Crippen LogP contribution in [0.2, 0.25) is 0 Å². The van der Waals surface area contributed by atoms with Crippen molar-refractivity contribution >= 4 is 48.7 Å². The van der Waals surface area contributed by atoms with E-state index in [4.69, 9.17) is 0 Å². The van der Waals surface area contributed by atoms with Gasteiger partial charge in [0, 0.05) is 11.4 Å². The molecular weight excluding hydrogens is 374 g/mol. The Morgan fingerprint density at radius 3 is 3.00 bits per heavy atom. The van der Waals surface area contributed by atoms with Crippen LogP contribution in [-0.4, -0.2) is 19.8 Å². The number of benzene rings is 1. The van der Waals surface area contributed by atoms with Gasteiger partial charge in [-0.25, -0.2) is 13.1 Å². The van der Waals surface area contributed by atoms with Crippen LogP contribution in [0, 0.1) is 5.92 Å². The molecule has 2 aliphatic rings. The molecule has 1 heterocycles. The lowest BCUT2D eigenvalue weighted by molar-refractivity contribution is 0.368. The first-order chi connectivity index (χ1) is 10.1. The minimum atomic E-state index is -3.53. The summed E-state index contributed by atoms with van der Waals surface area (Å²) in [5.74, 6) is 0.394. The predicted molar refractivity (Wildman–Crippen MR) is 87.8 cm³/mol. The summed E-state index contributed by atoms with van der Waals surface area (Å²) >= 11 is 4.66. The zero-order valence-electron chi connectivity index (χ0n) is 11.3. The zero-order chi connectivity index (χ0) is 14.9. The molecule has 0 radical (unpaired) electrons. The minimum Gasteiger partial charge on any atom is -0.211 e. The normalized spacial score (nSPS) is 24.6. The highest BCUT2D eigenvalue weighted by Crippen LogP contribution is 2.37. The summed E-state index contributed by atoms with van der Waals surface area (Å²) in [4.78, 5) is 0.729. The molecule has 1 aliphatic carbocycles. The molecule has 8 heteroatoms. The van der Waals surface area contributed by atoms with Crippen molar-refractivity contribution in [3.8, 4) is 0 Å². The second kappa shape index (κ2) is 6.28. The maximum atomic E-state index is 12.5. The number of nitrogens with zero attached hydrogens (tertiary/aromatic N) is 2. The Hall–Kier alpha value is -0.570. The summed E-state index contributed by atoms with van der Waals surface area (Å²) < 4.78 is 35.9. The number of halogens is 1. The first kappa shape index (κ1) is 15.3. The van der Waals surface area contributed by atoms with E-state index in [1.54, 1.807) is 18.2 Å². The van der Waals surface area contributed by atoms with E-state index in [1.807, 2.05) is 0 Å². The number of hydrogen-bond acceptors (Lipinski definition) is 4. The summed E-state index contributed by atoms with van der Waals surface area (Å²) in [6.07, 6.45) is 4.42. The number of alkyl halides is 1. The van der Waals surface area contributed by atoms with Crippen molar-refractivity contribution in [3.05, 3.63) is 18.2 Å². The molecule has 5 nitrogen and oxygen atoms in total. The maximum absolute atomic E-state index is 12.5. The molecule has 0 aromatic heterocycles. The van der Waals surface area contributed by atoms with Crippen molar-refractivity contribution in [1.29, 1.82) is 0 Å². The van der Waals surface area contributed by atoms with Crippen molar-refractivity contribution in [3.63, 3.8) is 0 Å². The highest BCUT2D eigenvalue weighted by molar-refractivity contribution is 9.09. The van der Waals surface area contributed by atoms with Gasteiger partial charge in [-0.05, 0) is 37.3 Å². The van der Waals surface area contributed by atoms with Crippen molar-refractivity contribution in [1.82, 2.24) is 4.72 Å². The van der Waals surface area contributed by atoms with Gasteiger partial charge in [0.25, 0.3) is 0 Å². The second-order valence-electron chi connectivity index (χ2n) is 5.37. The van der Waals surface area contributed by atoms with Gasteiger partial charge in [-0.1, -0.05) is 28.4 Å². The molecule has 1 N–H and O–H groups in total. The Kier molecular flexibility index (Phi) is 4.58. The molecule has 0 saturated heterocycles. The molecule has 3 rings (SSSR count). The Bertz CT molecular complexity index is 714. The Balaban J connectivity index is 1.73. The van der Waals surface area contributed by atoms with Gasteiger partial charge >= 0.3 is 0 Å². The molecule has 1 saturated carbocycles. The number of nitrogens with one attached hydrogen (secondary N) is 1. The smallest absolute Gasteiger partial charge is 0.211 e. The van der Waals surface area contributed by atoms with Gasteiger partial charge in [-0.2, -0.15) is 8.73 Å². The SMILES string of the molecule is O=S(=O)(NCC1CCCC(Br)C1)c1cccc2c1N=S=N2. The van der Waals surface area contributed by atoms with E-state index in [1.165, 1.54) is 6.42 Å². The fourth-order valence-electron chi connectivity index (χ4n) is 2.71. The number of rotatable bonds is 4. The molecule has 0 spiro atoms. The number of sulfonamides is 1. The standard InChI is InChI=1S/C13H16BrN3O2S2/c14-10-4-1-3-9(7-10)8-15-21(18,19)12-6-2-5-11-13(12)17-20-16-11/h2,5-6,9-10,15H,1,3-4,7-8H2. The van der Waals surface area contributed by atoms with E-state index in [9.17, 15) is 8.42 Å². The van der Waals surface area contributed by atoms with Gasteiger partial charge in [0.15, 0.2) is 0 Å². The third-order valence-corrected chi connectivity index (χ3v) is 6.65. The highest BCUT2D eigenvalue weighted by Gasteiger charge is 2.25. The lowest BCUT2D eigenvalue weighted by Crippen LogP contribution is -2.32. The van der Waals surface area contributed by atoms with Gasteiger partial charge in [-0.3, -0.25) is 0 Å². The molecule has 2 atom stereocenters. The second-order valence-corrected chi connectivity index (χ2v) is 8.93. The van der Waals surface area contributed by atoms with E-state index >= 15 is 0 Å². The lowest BCUT2D eigenvalue weighted by Gasteiger charge is -2.25. The molecule has 1 aliphatic heterocycles. The lowest BCUT2D eigenvalue weighted by atomic mass is 9.89. The summed E-state index contributed by atoms with van der Waals surface area (Å²) in [6.45, 7) is 0.485. The van der Waals surface area contributed by atoms with Gasteiger partial charge < -0.3 is 0 Å². The summed E-state index contributed by atoms with van der Waals surface area (Å²) in [5, 5.41) is 0. The van der Waals surface area contributed by atoms with Crippen LogP contribution >= 0.6 is 15.9 Å². The predicted octanol–water partition coefficient (Wildman–Crippen LogP) is 3.65. The van der Waals surface area contributed by atoms with E-state index in [0.717, 1.165) is 30.6 Å². The van der Waals surface area contributed by atoms with E-state index in [-0.39, 0.29) is 4.90 Å². The average molecular weight is 390 g/mol. The molecule has 21 heavy (non-hydrogen) atoms. The third kappa shape index (κ3) is 3.44. The zero-order valence-corrected chi connectivity index (χ0v) is 14.5. The number of hydrogen-bond donors (Lipinski definition) is 1. The Labute approximate surface area is 136 Å². The molecule has 1 aromatic rings. The van der Waals surface area contributed by atoms with Crippen molar-refractivity contribution in [2.24, 2.45) is 14.6 Å². The van der Waals surface area contributed by atoms with E-state index in [0.29, 0.717) is 28.7 Å². The average Bonchev–Trinajstić information content (AvgIpc) is 2.93. The first-order valence-electron chi connectivity index (χ1n) is 6.91. The minimum absolute atomic E-state index is 0.222. The molecule has 2 unspecified atom stereocenters. The Morgan fingerprint density at radius 1 is 1.33 bits per heavy atom. The first-order valence-corrected chi connectivity index (χ1v) is 10.0. The molecule has 0 bridgehead atoms. The molecule has 1 aromatic carbocycles. The largest absolute Gasteiger partial charge is 0.242 e. The summed E-state index contributed by atoms with van der Waals surface area (Å²) in [6, 6.07) is 5.06. The van der Waals surface area contributed by atoms with E-state index in [2.05, 4.69) is 29.4 Å². The molecule has 114 valence electrons. The monoisotopic (exact) mass is 389 g/mol. The summed E-state index contributed by atoms with van der Waals surface area (Å²) in [7, 11) is -3.53. The molecule has 0 amide bonds. The van der Waals surface area contributed by atoms with Crippen LogP contribution in [0.25, 0.3) is 0 Å². The van der Waals surface area contributed by atoms with Crippen LogP contribution in [0.5, 0.6) is 0 Å². The maximum Gasteiger partial charge on any atom is 0.242 e. The van der Waals surface area contributed by atoms with Gasteiger partial charge in [0.2, 0.25) is 10.0 Å². The third-order valence-electron chi connectivity index (χ3n) is 3.82. The highest BCUT2D eigenvalue weighted by atomic mass is 79.9.